The number of carboxylic acids is 1. The maximum Gasteiger partial charge on any atom is 0.339 e. The number of carbonyl (C=O) groups is 4. The fourth-order valence-electron chi connectivity index (χ4n) is 9.56. The molecule has 0 aliphatic carbocycles. The average molecular weight is 1070 g/mol. The number of carboxylic acid groups (broad SMARTS) is 1. The lowest BCUT2D eigenvalue weighted by Crippen LogP contribution is -2.32. The van der Waals surface area contributed by atoms with E-state index in [0.29, 0.717) is 60.1 Å². The van der Waals surface area contributed by atoms with Crippen molar-refractivity contribution in [2.24, 2.45) is 0 Å². The van der Waals surface area contributed by atoms with Crippen molar-refractivity contribution in [3.05, 3.63) is 239 Å². The molecule has 0 fully saturated rings. The van der Waals surface area contributed by atoms with E-state index in [1.54, 1.807) is 24.3 Å². The molecule has 8 aromatic rings. The molecule has 0 saturated carbocycles. The van der Waals surface area contributed by atoms with E-state index in [2.05, 4.69) is 32.6 Å². The van der Waals surface area contributed by atoms with Gasteiger partial charge >= 0.3 is 11.9 Å². The van der Waals surface area contributed by atoms with E-state index >= 15 is 0 Å². The number of hydrogen-bond donors (Lipinski definition) is 3. The van der Waals surface area contributed by atoms with Gasteiger partial charge in [0.25, 0.3) is 11.8 Å². The number of carbonyl (C=O) groups excluding carboxylic acids is 3. The number of nitrogens with zero attached hydrogens (tertiary/aromatic N) is 2. The fourth-order valence-corrected chi connectivity index (χ4v) is 9.56. The second kappa shape index (κ2) is 26.5. The molecule has 0 saturated heterocycles. The van der Waals surface area contributed by atoms with E-state index in [1.165, 1.54) is 0 Å². The molecular formula is C68H72N4O8. The number of esters is 1. The highest BCUT2D eigenvalue weighted by molar-refractivity contribution is 5.98. The van der Waals surface area contributed by atoms with E-state index in [9.17, 15) is 24.3 Å². The summed E-state index contributed by atoms with van der Waals surface area (Å²) in [5.74, 6) is -0.140. The van der Waals surface area contributed by atoms with E-state index < -0.39 is 11.6 Å². The van der Waals surface area contributed by atoms with Crippen molar-refractivity contribution in [2.45, 2.75) is 80.2 Å². The Kier molecular flexibility index (Phi) is 19.4. The third-order valence-corrected chi connectivity index (χ3v) is 13.6. The molecule has 0 spiro atoms. The van der Waals surface area contributed by atoms with Crippen LogP contribution < -0.4 is 29.9 Å². The summed E-state index contributed by atoms with van der Waals surface area (Å²) in [5.41, 5.74) is 11.0. The Morgan fingerprint density at radius 1 is 0.525 bits per heavy atom. The van der Waals surface area contributed by atoms with Crippen LogP contribution in [0.3, 0.4) is 0 Å². The highest BCUT2D eigenvalue weighted by atomic mass is 16.6. The number of benzene rings is 8. The van der Waals surface area contributed by atoms with Crippen molar-refractivity contribution in [2.75, 3.05) is 36.1 Å². The molecule has 0 aromatic heterocycles. The maximum absolute atomic E-state index is 13.0. The smallest absolute Gasteiger partial charge is 0.339 e. The largest absolute Gasteiger partial charge is 0.490 e. The van der Waals surface area contributed by atoms with Crippen molar-refractivity contribution in [1.82, 2.24) is 10.6 Å². The Morgan fingerprint density at radius 3 is 1.32 bits per heavy atom. The van der Waals surface area contributed by atoms with Crippen LogP contribution in [0.25, 0.3) is 22.3 Å². The van der Waals surface area contributed by atoms with Crippen molar-refractivity contribution in [3.8, 4) is 33.8 Å². The Morgan fingerprint density at radius 2 is 0.912 bits per heavy atom. The standard InChI is InChI=1S/C35H36N2O4.C31H28N2O4.2CH4/c1-24(26-10-6-5-7-11-26)36-33(38)28-18-19-31-32(22-28)40-21-20-37(31)23-25-14-16-27(17-15-25)29-12-8-9-13-30(29)34(39)41-35(2,3)4;1-21(23-7-3-2-4-8-23)32-30(34)25-15-16-28-29(19-25)37-18-17-33(28)20-22-11-13-24(14-12-22)26-9-5-6-10-27(26)31(35)36;;/h5-19,22,24H,20-21,23H2,1-4H3,(H,36,38);2-16,19,21H,17-18,20H2,1H3,(H,32,34)(H,35,36);2*1H4/t24-;21-;;/m00../s1. The van der Waals surface area contributed by atoms with Gasteiger partial charge in [-0.3, -0.25) is 9.59 Å². The summed E-state index contributed by atoms with van der Waals surface area (Å²) in [7, 11) is 0. The van der Waals surface area contributed by atoms with Gasteiger partial charge in [0.05, 0.1) is 47.7 Å². The molecule has 12 heteroatoms. The van der Waals surface area contributed by atoms with Crippen molar-refractivity contribution in [1.29, 1.82) is 0 Å². The monoisotopic (exact) mass is 1070 g/mol. The highest BCUT2D eigenvalue weighted by Crippen LogP contribution is 2.36. The Labute approximate surface area is 471 Å². The minimum Gasteiger partial charge on any atom is -0.490 e. The quantitative estimate of drug-likeness (QED) is 0.0899. The Balaban J connectivity index is 0.000000227. The number of anilines is 2. The topological polar surface area (TPSA) is 147 Å². The fraction of sp³-hybridized carbons (Fsp3) is 0.235. The van der Waals surface area contributed by atoms with Crippen LogP contribution >= 0.6 is 0 Å². The lowest BCUT2D eigenvalue weighted by atomic mass is 9.98. The van der Waals surface area contributed by atoms with Crippen LogP contribution in [0.4, 0.5) is 11.4 Å². The van der Waals surface area contributed by atoms with Gasteiger partial charge < -0.3 is 39.8 Å². The molecule has 2 aliphatic rings. The average Bonchev–Trinajstić information content (AvgIpc) is 3.45. The van der Waals surface area contributed by atoms with Crippen molar-refractivity contribution < 1.29 is 38.5 Å². The summed E-state index contributed by atoms with van der Waals surface area (Å²) in [4.78, 5) is 54.7. The molecule has 412 valence electrons. The summed E-state index contributed by atoms with van der Waals surface area (Å²) < 4.78 is 17.5. The summed E-state index contributed by atoms with van der Waals surface area (Å²) >= 11 is 0. The lowest BCUT2D eigenvalue weighted by molar-refractivity contribution is 0.00699. The van der Waals surface area contributed by atoms with Gasteiger partial charge in [-0.25, -0.2) is 9.59 Å². The van der Waals surface area contributed by atoms with E-state index in [-0.39, 0.29) is 50.3 Å². The molecule has 80 heavy (non-hydrogen) atoms. The second-order valence-electron chi connectivity index (χ2n) is 20.4. The molecule has 0 unspecified atom stereocenters. The summed E-state index contributed by atoms with van der Waals surface area (Å²) in [6, 6.07) is 61.6. The predicted molar refractivity (Wildman–Crippen MR) is 320 cm³/mol. The van der Waals surface area contributed by atoms with Gasteiger partial charge in [-0.2, -0.15) is 0 Å². The molecule has 8 aromatic carbocycles. The molecule has 2 aliphatic heterocycles. The van der Waals surface area contributed by atoms with E-state index in [4.69, 9.17) is 14.2 Å². The van der Waals surface area contributed by atoms with Crippen LogP contribution in [0.5, 0.6) is 11.5 Å². The maximum atomic E-state index is 13.0. The highest BCUT2D eigenvalue weighted by Gasteiger charge is 2.25. The first-order valence-corrected chi connectivity index (χ1v) is 26.3. The summed E-state index contributed by atoms with van der Waals surface area (Å²) in [6.07, 6.45) is 0. The van der Waals surface area contributed by atoms with Gasteiger partial charge in [0.15, 0.2) is 0 Å². The van der Waals surface area contributed by atoms with Gasteiger partial charge in [-0.05, 0) is 128 Å². The number of hydrogen-bond acceptors (Lipinski definition) is 9. The number of fused-ring (bicyclic) bond motifs is 2. The molecular weight excluding hydrogens is 1000 g/mol. The van der Waals surface area contributed by atoms with E-state index in [0.717, 1.165) is 63.4 Å². The van der Waals surface area contributed by atoms with Gasteiger partial charge in [0.1, 0.15) is 30.3 Å². The van der Waals surface area contributed by atoms with Crippen LogP contribution in [0.1, 0.15) is 125 Å². The second-order valence-corrected chi connectivity index (χ2v) is 20.4. The third kappa shape index (κ3) is 14.5. The first kappa shape index (κ1) is 58.5. The van der Waals surface area contributed by atoms with Gasteiger partial charge in [-0.1, -0.05) is 160 Å². The molecule has 2 amide bonds. The van der Waals surface area contributed by atoms with Crippen LogP contribution in [0, 0.1) is 0 Å². The zero-order valence-corrected chi connectivity index (χ0v) is 44.6. The Hall–Kier alpha value is -9.16. The normalized spacial score (nSPS) is 13.1. The minimum atomic E-state index is -0.938. The molecule has 0 bridgehead atoms. The number of ether oxygens (including phenoxy) is 3. The summed E-state index contributed by atoms with van der Waals surface area (Å²) in [6.45, 7) is 13.5. The first-order chi connectivity index (χ1) is 37.7. The minimum absolute atomic E-state index is 0. The predicted octanol–water partition coefficient (Wildman–Crippen LogP) is 14.4. The van der Waals surface area contributed by atoms with Crippen LogP contribution in [-0.4, -0.2) is 60.8 Å². The van der Waals surface area contributed by atoms with Crippen LogP contribution in [0.2, 0.25) is 0 Å². The lowest BCUT2D eigenvalue weighted by Gasteiger charge is -2.31. The molecule has 2 heterocycles. The van der Waals surface area contributed by atoms with Crippen molar-refractivity contribution in [3.63, 3.8) is 0 Å². The van der Waals surface area contributed by atoms with Gasteiger partial charge in [0, 0.05) is 24.2 Å². The molecule has 3 N–H and O–H groups in total. The Bertz CT molecular complexity index is 3400. The molecule has 12 nitrogen and oxygen atoms in total. The SMILES string of the molecule is C.C.C[C@H](NC(=O)c1ccc2c(c1)OCCN2Cc1ccc(-c2ccccc2C(=O)O)cc1)c1ccccc1.C[C@H](NC(=O)c1ccc2c(c1)OCCN2Cc1ccc(-c2ccccc2C(=O)OC(C)(C)C)cc1)c1ccccc1. The van der Waals surface area contributed by atoms with Crippen molar-refractivity contribution >= 4 is 35.1 Å². The molecule has 0 radical (unpaired) electrons. The molecule has 10 rings (SSSR count). The zero-order valence-electron chi connectivity index (χ0n) is 44.6. The van der Waals surface area contributed by atoms with Crippen LogP contribution in [-0.2, 0) is 17.8 Å². The van der Waals surface area contributed by atoms with Crippen LogP contribution in [0.15, 0.2) is 194 Å². The van der Waals surface area contributed by atoms with Gasteiger partial charge in [0.2, 0.25) is 0 Å². The first-order valence-electron chi connectivity index (χ1n) is 26.3. The number of nitrogens with one attached hydrogen (secondary N) is 2. The van der Waals surface area contributed by atoms with Gasteiger partial charge in [-0.15, -0.1) is 0 Å². The zero-order chi connectivity index (χ0) is 54.8. The molecule has 2 atom stereocenters. The number of amides is 2. The summed E-state index contributed by atoms with van der Waals surface area (Å²) in [5, 5.41) is 15.6. The third-order valence-electron chi connectivity index (χ3n) is 13.6. The number of rotatable bonds is 14. The number of aromatic carboxylic acids is 1. The van der Waals surface area contributed by atoms with E-state index in [1.807, 2.05) is 192 Å².